The molecule has 1 aliphatic rings. The highest BCUT2D eigenvalue weighted by Crippen LogP contribution is 2.39. The third-order valence-electron chi connectivity index (χ3n) is 5.74. The number of Topliss-reactive ketones (excluding diaryl/α,β-unsaturated/α-hetero) is 1. The fourth-order valence-electron chi connectivity index (χ4n) is 4.38. The Morgan fingerprint density at radius 2 is 1.14 bits per heavy atom. The molecule has 142 valence electrons. The van der Waals surface area contributed by atoms with Crippen molar-refractivity contribution < 1.29 is 4.79 Å². The molecule has 28 heavy (non-hydrogen) atoms. The van der Waals surface area contributed by atoms with Gasteiger partial charge < -0.3 is 0 Å². The van der Waals surface area contributed by atoms with Crippen LogP contribution in [0.4, 0.5) is 0 Å². The van der Waals surface area contributed by atoms with Gasteiger partial charge in [-0.05, 0) is 37.1 Å². The molecular formula is C26H27NO. The lowest BCUT2D eigenvalue weighted by atomic mass is 9.80. The van der Waals surface area contributed by atoms with Crippen molar-refractivity contribution in [1.29, 1.82) is 0 Å². The van der Waals surface area contributed by atoms with E-state index in [2.05, 4.69) is 41.3 Å². The minimum atomic E-state index is -0.218. The fourth-order valence-corrected chi connectivity index (χ4v) is 4.38. The van der Waals surface area contributed by atoms with Crippen molar-refractivity contribution in [2.75, 3.05) is 13.1 Å². The Kier molecular flexibility index (Phi) is 5.98. The predicted molar refractivity (Wildman–Crippen MR) is 115 cm³/mol. The first kappa shape index (κ1) is 18.6. The molecule has 0 aliphatic carbocycles. The summed E-state index contributed by atoms with van der Waals surface area (Å²) in [6, 6.07) is 30.7. The molecule has 4 rings (SSSR count). The molecule has 0 saturated carbocycles. The highest BCUT2D eigenvalue weighted by molar-refractivity contribution is 6.01. The van der Waals surface area contributed by atoms with Gasteiger partial charge in [0.25, 0.3) is 0 Å². The number of nitrogens with zero attached hydrogens (tertiary/aromatic N) is 1. The first-order valence-corrected chi connectivity index (χ1v) is 10.3. The predicted octanol–water partition coefficient (Wildman–Crippen LogP) is 5.88. The quantitative estimate of drug-likeness (QED) is 0.506. The molecule has 1 saturated heterocycles. The lowest BCUT2D eigenvalue weighted by Crippen LogP contribution is -2.39. The summed E-state index contributed by atoms with van der Waals surface area (Å²) in [5.41, 5.74) is 3.10. The van der Waals surface area contributed by atoms with E-state index in [9.17, 15) is 4.79 Å². The zero-order valence-corrected chi connectivity index (χ0v) is 16.2. The molecule has 2 nitrogen and oxygen atoms in total. The number of piperidine rings is 1. The first-order valence-electron chi connectivity index (χ1n) is 10.3. The van der Waals surface area contributed by atoms with Gasteiger partial charge in [0, 0.05) is 11.6 Å². The Morgan fingerprint density at radius 3 is 1.71 bits per heavy atom. The summed E-state index contributed by atoms with van der Waals surface area (Å²) < 4.78 is 0. The van der Waals surface area contributed by atoms with Crippen LogP contribution in [0.3, 0.4) is 0 Å². The molecule has 0 N–H and O–H groups in total. The van der Waals surface area contributed by atoms with Gasteiger partial charge in [0.05, 0.1) is 5.92 Å². The maximum absolute atomic E-state index is 13.8. The highest BCUT2D eigenvalue weighted by Gasteiger charge is 2.36. The lowest BCUT2D eigenvalue weighted by Gasteiger charge is -2.39. The fraction of sp³-hybridized carbons (Fsp3) is 0.269. The van der Waals surface area contributed by atoms with E-state index >= 15 is 0 Å². The van der Waals surface area contributed by atoms with E-state index in [1.807, 2.05) is 54.6 Å². The normalized spacial score (nSPS) is 17.0. The zero-order chi connectivity index (χ0) is 19.2. The zero-order valence-electron chi connectivity index (χ0n) is 16.2. The molecule has 1 fully saturated rings. The van der Waals surface area contributed by atoms with E-state index in [0.29, 0.717) is 0 Å². The van der Waals surface area contributed by atoms with Crippen molar-refractivity contribution in [3.05, 3.63) is 108 Å². The Hall–Kier alpha value is -2.71. The summed E-state index contributed by atoms with van der Waals surface area (Å²) in [7, 11) is 0. The molecule has 0 spiro atoms. The summed E-state index contributed by atoms with van der Waals surface area (Å²) in [6.07, 6.45) is 3.68. The maximum atomic E-state index is 13.8. The van der Waals surface area contributed by atoms with Crippen LogP contribution in [0.25, 0.3) is 0 Å². The molecule has 1 heterocycles. The second-order valence-electron chi connectivity index (χ2n) is 7.57. The number of hydrogen-bond acceptors (Lipinski definition) is 2. The van der Waals surface area contributed by atoms with Crippen molar-refractivity contribution in [1.82, 2.24) is 4.90 Å². The highest BCUT2D eigenvalue weighted by atomic mass is 16.1. The van der Waals surface area contributed by atoms with Crippen LogP contribution in [0.1, 0.15) is 52.7 Å². The smallest absolute Gasteiger partial charge is 0.172 e. The average Bonchev–Trinajstić information content (AvgIpc) is 2.79. The van der Waals surface area contributed by atoms with E-state index in [-0.39, 0.29) is 17.7 Å². The van der Waals surface area contributed by atoms with Gasteiger partial charge >= 0.3 is 0 Å². The Labute approximate surface area is 167 Å². The standard InChI is InChI=1S/C26H27NO/c28-26(23-17-9-3-10-18-23)24(21-13-5-1-6-14-21)25(22-15-7-2-8-16-22)27-19-11-4-12-20-27/h1-3,5-10,13-18,24-25H,4,11-12,19-20H2/t24-,25+/m1/s1. The van der Waals surface area contributed by atoms with Gasteiger partial charge in [0.1, 0.15) is 0 Å². The van der Waals surface area contributed by atoms with Gasteiger partial charge in [0.15, 0.2) is 5.78 Å². The van der Waals surface area contributed by atoms with Gasteiger partial charge in [-0.3, -0.25) is 9.69 Å². The third-order valence-corrected chi connectivity index (χ3v) is 5.74. The molecule has 0 unspecified atom stereocenters. The number of hydrogen-bond donors (Lipinski definition) is 0. The molecule has 0 aromatic heterocycles. The van der Waals surface area contributed by atoms with Gasteiger partial charge in [-0.25, -0.2) is 0 Å². The van der Waals surface area contributed by atoms with Crippen molar-refractivity contribution in [3.63, 3.8) is 0 Å². The van der Waals surface area contributed by atoms with Gasteiger partial charge in [-0.1, -0.05) is 97.4 Å². The van der Waals surface area contributed by atoms with Crippen LogP contribution in [0, 0.1) is 0 Å². The monoisotopic (exact) mass is 369 g/mol. The van der Waals surface area contributed by atoms with Crippen LogP contribution in [-0.2, 0) is 0 Å². The molecule has 0 radical (unpaired) electrons. The second kappa shape index (κ2) is 8.99. The van der Waals surface area contributed by atoms with Crippen LogP contribution in [0.2, 0.25) is 0 Å². The molecule has 0 bridgehead atoms. The van der Waals surface area contributed by atoms with E-state index in [4.69, 9.17) is 0 Å². The SMILES string of the molecule is O=C(c1ccccc1)[C@H](c1ccccc1)[C@H](c1ccccc1)N1CCCCC1. The van der Waals surface area contributed by atoms with Crippen LogP contribution < -0.4 is 0 Å². The van der Waals surface area contributed by atoms with Crippen LogP contribution in [0.15, 0.2) is 91.0 Å². The third kappa shape index (κ3) is 4.07. The Morgan fingerprint density at radius 1 is 0.643 bits per heavy atom. The molecule has 0 amide bonds. The van der Waals surface area contributed by atoms with Gasteiger partial charge in [-0.2, -0.15) is 0 Å². The van der Waals surface area contributed by atoms with Crippen LogP contribution >= 0.6 is 0 Å². The summed E-state index contributed by atoms with van der Waals surface area (Å²) in [4.78, 5) is 16.3. The van der Waals surface area contributed by atoms with E-state index in [0.717, 1.165) is 24.2 Å². The second-order valence-corrected chi connectivity index (χ2v) is 7.57. The lowest BCUT2D eigenvalue weighted by molar-refractivity contribution is 0.0835. The summed E-state index contributed by atoms with van der Waals surface area (Å²) in [5, 5.41) is 0. The van der Waals surface area contributed by atoms with Crippen molar-refractivity contribution >= 4 is 5.78 Å². The molecule has 2 heteroatoms. The number of ketones is 1. The van der Waals surface area contributed by atoms with E-state index < -0.39 is 0 Å². The summed E-state index contributed by atoms with van der Waals surface area (Å²) >= 11 is 0. The molecule has 3 aromatic carbocycles. The van der Waals surface area contributed by atoms with Crippen molar-refractivity contribution in [2.45, 2.75) is 31.2 Å². The van der Waals surface area contributed by atoms with Gasteiger partial charge in [-0.15, -0.1) is 0 Å². The number of likely N-dealkylation sites (tertiary alicyclic amines) is 1. The number of carbonyl (C=O) groups excluding carboxylic acids is 1. The summed E-state index contributed by atoms with van der Waals surface area (Å²) in [5.74, 6) is -0.0182. The topological polar surface area (TPSA) is 20.3 Å². The maximum Gasteiger partial charge on any atom is 0.172 e. The molecular weight excluding hydrogens is 342 g/mol. The van der Waals surface area contributed by atoms with E-state index in [1.54, 1.807) is 0 Å². The van der Waals surface area contributed by atoms with Gasteiger partial charge in [0.2, 0.25) is 0 Å². The minimum Gasteiger partial charge on any atom is -0.295 e. The van der Waals surface area contributed by atoms with Crippen LogP contribution in [0.5, 0.6) is 0 Å². The Bertz CT molecular complexity index is 870. The first-order chi connectivity index (χ1) is 13.8. The van der Waals surface area contributed by atoms with Crippen molar-refractivity contribution in [2.24, 2.45) is 0 Å². The van der Waals surface area contributed by atoms with Crippen LogP contribution in [-0.4, -0.2) is 23.8 Å². The molecule has 2 atom stereocenters. The van der Waals surface area contributed by atoms with Crippen molar-refractivity contribution in [3.8, 4) is 0 Å². The van der Waals surface area contributed by atoms with E-state index in [1.165, 1.54) is 24.8 Å². The Balaban J connectivity index is 1.82. The summed E-state index contributed by atoms with van der Waals surface area (Å²) in [6.45, 7) is 2.09. The largest absolute Gasteiger partial charge is 0.295 e. The number of benzene rings is 3. The number of carbonyl (C=O) groups is 1. The minimum absolute atomic E-state index is 0.0524. The molecule has 3 aromatic rings. The number of rotatable bonds is 6. The average molecular weight is 370 g/mol. The molecule has 1 aliphatic heterocycles.